The van der Waals surface area contributed by atoms with Crippen molar-refractivity contribution in [3.05, 3.63) is 0 Å². The fourth-order valence-electron chi connectivity index (χ4n) is 1.43. The van der Waals surface area contributed by atoms with E-state index in [1.54, 1.807) is 0 Å². The highest BCUT2D eigenvalue weighted by Gasteiger charge is 1.95. The van der Waals surface area contributed by atoms with Gasteiger partial charge in [-0.25, -0.2) is 8.42 Å². The fourth-order valence-corrected chi connectivity index (χ4v) is 2.39. The molecule has 0 aromatic heterocycles. The molecule has 0 amide bonds. The Morgan fingerprint density at radius 2 is 1.20 bits per heavy atom. The van der Waals surface area contributed by atoms with Gasteiger partial charge in [-0.1, -0.05) is 54.5 Å². The average Bonchev–Trinajstić information content (AvgIpc) is 2.14. The maximum atomic E-state index is 10.3. The molecule has 92 valence electrons. The van der Waals surface area contributed by atoms with E-state index in [0.717, 1.165) is 24.6 Å². The maximum absolute atomic E-state index is 10.3. The summed E-state index contributed by atoms with van der Waals surface area (Å²) in [4.78, 5) is 0. The molecule has 3 nitrogen and oxygen atoms in total. The van der Waals surface area contributed by atoms with Crippen molar-refractivity contribution in [2.75, 3.05) is 11.1 Å². The summed E-state index contributed by atoms with van der Waals surface area (Å²) in [5.41, 5.74) is 0. The number of hydrogen-bond donors (Lipinski definition) is 0. The maximum Gasteiger partial charge on any atom is 0.0945 e. The highest BCUT2D eigenvalue weighted by atomic mass is 79.9. The first-order valence-electron chi connectivity index (χ1n) is 5.56. The predicted molar refractivity (Wildman–Crippen MR) is 65.3 cm³/mol. The number of hydrogen-bond acceptors (Lipinski definition) is 3. The fraction of sp³-hybridized carbons (Fsp3) is 1.00. The van der Waals surface area contributed by atoms with E-state index in [2.05, 4.69) is 15.9 Å². The first-order valence-corrected chi connectivity index (χ1v) is 8.25. The van der Waals surface area contributed by atoms with Crippen LogP contribution in [0.5, 0.6) is 0 Å². The third-order valence-electron chi connectivity index (χ3n) is 2.28. The van der Waals surface area contributed by atoms with Crippen LogP contribution in [0.4, 0.5) is 0 Å². The average molecular weight is 300 g/mol. The molecule has 0 saturated carbocycles. The summed E-state index contributed by atoms with van der Waals surface area (Å²) in [5, 5.41) is 1.08. The van der Waals surface area contributed by atoms with E-state index in [4.69, 9.17) is 0 Å². The Labute approximate surface area is 102 Å². The Morgan fingerprint density at radius 3 is 1.60 bits per heavy atom. The quantitative estimate of drug-likeness (QED) is 0.354. The Morgan fingerprint density at radius 1 is 0.800 bits per heavy atom. The summed E-state index contributed by atoms with van der Waals surface area (Å²) in [7, 11) is -3.98. The molecule has 0 aromatic rings. The van der Waals surface area contributed by atoms with Gasteiger partial charge in [-0.15, -0.1) is 0 Å². The zero-order valence-corrected chi connectivity index (χ0v) is 11.5. The minimum Gasteiger partial charge on any atom is -0.748 e. The van der Waals surface area contributed by atoms with Gasteiger partial charge in [0.2, 0.25) is 0 Å². The number of alkyl halides is 1. The molecule has 0 aliphatic carbocycles. The Hall–Kier alpha value is 0.390. The smallest absolute Gasteiger partial charge is 0.0945 e. The number of halogens is 1. The number of rotatable bonds is 10. The molecule has 0 unspecified atom stereocenters. The van der Waals surface area contributed by atoms with Gasteiger partial charge in [-0.3, -0.25) is 0 Å². The summed E-state index contributed by atoms with van der Waals surface area (Å²) in [6.45, 7) is 0. The van der Waals surface area contributed by atoms with E-state index in [9.17, 15) is 13.0 Å². The van der Waals surface area contributed by atoms with Gasteiger partial charge in [0.15, 0.2) is 0 Å². The van der Waals surface area contributed by atoms with Gasteiger partial charge in [0.25, 0.3) is 0 Å². The minimum atomic E-state index is -3.98. The summed E-state index contributed by atoms with van der Waals surface area (Å²) < 4.78 is 30.8. The van der Waals surface area contributed by atoms with Crippen molar-refractivity contribution in [3.8, 4) is 0 Å². The van der Waals surface area contributed by atoms with Crippen LogP contribution in [-0.4, -0.2) is 24.1 Å². The minimum absolute atomic E-state index is 0.198. The van der Waals surface area contributed by atoms with Crippen LogP contribution in [0.3, 0.4) is 0 Å². The second-order valence-corrected chi connectivity index (χ2v) is 6.10. The lowest BCUT2D eigenvalue weighted by atomic mass is 10.1. The second kappa shape index (κ2) is 9.60. The van der Waals surface area contributed by atoms with Gasteiger partial charge in [-0.2, -0.15) is 0 Å². The van der Waals surface area contributed by atoms with Gasteiger partial charge in [0, 0.05) is 11.1 Å². The molecular formula is C10H20BrO3S-. The van der Waals surface area contributed by atoms with Crippen molar-refractivity contribution in [1.29, 1.82) is 0 Å². The normalized spacial score (nSPS) is 11.9. The van der Waals surface area contributed by atoms with Crippen LogP contribution in [0.25, 0.3) is 0 Å². The summed E-state index contributed by atoms with van der Waals surface area (Å²) in [6.07, 6.45) is 8.55. The zero-order chi connectivity index (χ0) is 11.6. The molecule has 0 aromatic carbocycles. The highest BCUT2D eigenvalue weighted by Crippen LogP contribution is 2.09. The monoisotopic (exact) mass is 299 g/mol. The van der Waals surface area contributed by atoms with Crippen LogP contribution in [0.15, 0.2) is 0 Å². The SMILES string of the molecule is O=S(=O)([O-])CCCCCCCCCCBr. The van der Waals surface area contributed by atoms with Crippen LogP contribution < -0.4 is 0 Å². The Bertz CT molecular complexity index is 227. The van der Waals surface area contributed by atoms with E-state index >= 15 is 0 Å². The summed E-state index contributed by atoms with van der Waals surface area (Å²) in [6, 6.07) is 0. The Balaban J connectivity index is 3.06. The molecule has 0 heterocycles. The van der Waals surface area contributed by atoms with Gasteiger partial charge in [0.05, 0.1) is 10.1 Å². The summed E-state index contributed by atoms with van der Waals surface area (Å²) >= 11 is 3.38. The second-order valence-electron chi connectivity index (χ2n) is 3.78. The van der Waals surface area contributed by atoms with Crippen molar-refractivity contribution in [3.63, 3.8) is 0 Å². The van der Waals surface area contributed by atoms with Crippen molar-refractivity contribution >= 4 is 26.0 Å². The lowest BCUT2D eigenvalue weighted by Gasteiger charge is -2.05. The Kier molecular flexibility index (Phi) is 9.85. The topological polar surface area (TPSA) is 57.2 Å². The third kappa shape index (κ3) is 14.4. The van der Waals surface area contributed by atoms with E-state index in [1.807, 2.05) is 0 Å². The molecule has 0 N–H and O–H groups in total. The van der Waals surface area contributed by atoms with Gasteiger partial charge in [0.1, 0.15) is 0 Å². The molecule has 15 heavy (non-hydrogen) atoms. The van der Waals surface area contributed by atoms with Crippen molar-refractivity contribution in [1.82, 2.24) is 0 Å². The standard InChI is InChI=1S/C10H21BrO3S/c11-9-7-5-3-1-2-4-6-8-10-15(12,13)14/h1-10H2,(H,12,13,14)/p-1. The van der Waals surface area contributed by atoms with E-state index in [0.29, 0.717) is 6.42 Å². The van der Waals surface area contributed by atoms with Gasteiger partial charge < -0.3 is 4.55 Å². The summed E-state index contributed by atoms with van der Waals surface area (Å²) in [5.74, 6) is -0.198. The zero-order valence-electron chi connectivity index (χ0n) is 9.08. The van der Waals surface area contributed by atoms with Gasteiger partial charge in [-0.05, 0) is 12.8 Å². The van der Waals surface area contributed by atoms with Gasteiger partial charge >= 0.3 is 0 Å². The van der Waals surface area contributed by atoms with E-state index in [1.165, 1.54) is 25.7 Å². The van der Waals surface area contributed by atoms with Crippen LogP contribution in [0, 0.1) is 0 Å². The van der Waals surface area contributed by atoms with Crippen LogP contribution in [0.2, 0.25) is 0 Å². The van der Waals surface area contributed by atoms with Crippen molar-refractivity contribution < 1.29 is 13.0 Å². The van der Waals surface area contributed by atoms with Crippen LogP contribution in [-0.2, 0) is 10.1 Å². The molecule has 0 aliphatic rings. The first-order chi connectivity index (χ1) is 7.06. The molecule has 0 aliphatic heterocycles. The third-order valence-corrected chi connectivity index (χ3v) is 3.63. The molecule has 0 spiro atoms. The predicted octanol–water partition coefficient (Wildman–Crippen LogP) is 3.05. The molecule has 0 bridgehead atoms. The molecule has 0 rings (SSSR count). The molecule has 0 radical (unpaired) electrons. The molecule has 0 fully saturated rings. The van der Waals surface area contributed by atoms with Crippen molar-refractivity contribution in [2.24, 2.45) is 0 Å². The van der Waals surface area contributed by atoms with Crippen molar-refractivity contribution in [2.45, 2.75) is 51.4 Å². The lowest BCUT2D eigenvalue weighted by molar-refractivity contribution is 0.459. The first kappa shape index (κ1) is 15.4. The van der Waals surface area contributed by atoms with E-state index in [-0.39, 0.29) is 5.75 Å². The molecule has 5 heteroatoms. The van der Waals surface area contributed by atoms with E-state index < -0.39 is 10.1 Å². The van der Waals surface area contributed by atoms with Crippen LogP contribution in [0.1, 0.15) is 51.4 Å². The molecule has 0 atom stereocenters. The van der Waals surface area contributed by atoms with Crippen LogP contribution >= 0.6 is 15.9 Å². The molecule has 0 saturated heterocycles. The largest absolute Gasteiger partial charge is 0.748 e. The highest BCUT2D eigenvalue weighted by molar-refractivity contribution is 9.09. The lowest BCUT2D eigenvalue weighted by Crippen LogP contribution is -2.03. The number of unbranched alkanes of at least 4 members (excludes halogenated alkanes) is 7. The molecular weight excluding hydrogens is 280 g/mol.